The summed E-state index contributed by atoms with van der Waals surface area (Å²) in [5.74, 6) is 0.992. The Morgan fingerprint density at radius 1 is 1.21 bits per heavy atom. The third-order valence-corrected chi connectivity index (χ3v) is 5.12. The minimum absolute atomic E-state index is 0.0527. The van der Waals surface area contributed by atoms with Gasteiger partial charge < -0.3 is 19.9 Å². The molecule has 2 N–H and O–H groups in total. The van der Waals surface area contributed by atoms with Crippen molar-refractivity contribution >= 4 is 5.91 Å². The number of nitrogens with one attached hydrogen (secondary N) is 1. The lowest BCUT2D eigenvalue weighted by molar-refractivity contribution is -0.128. The molecule has 0 spiro atoms. The summed E-state index contributed by atoms with van der Waals surface area (Å²) in [6.07, 6.45) is 2.52. The van der Waals surface area contributed by atoms with Crippen molar-refractivity contribution < 1.29 is 19.4 Å². The molecule has 0 unspecified atom stereocenters. The average Bonchev–Trinajstić information content (AvgIpc) is 2.95. The van der Waals surface area contributed by atoms with Crippen LogP contribution >= 0.6 is 0 Å². The Kier molecular flexibility index (Phi) is 5.74. The summed E-state index contributed by atoms with van der Waals surface area (Å²) in [7, 11) is 0. The molecule has 1 saturated heterocycles. The summed E-state index contributed by atoms with van der Waals surface area (Å²) >= 11 is 0. The van der Waals surface area contributed by atoms with Crippen LogP contribution in [0.25, 0.3) is 0 Å². The number of carbonyl (C=O) groups excluding carboxylic acids is 1. The van der Waals surface area contributed by atoms with Crippen LogP contribution < -0.4 is 10.1 Å². The molecule has 24 heavy (non-hydrogen) atoms. The van der Waals surface area contributed by atoms with E-state index in [1.54, 1.807) is 0 Å². The first-order chi connectivity index (χ1) is 11.6. The number of aliphatic hydroxyl groups is 1. The van der Waals surface area contributed by atoms with Gasteiger partial charge in [-0.3, -0.25) is 4.79 Å². The highest BCUT2D eigenvalue weighted by Crippen LogP contribution is 2.29. The molecule has 2 fully saturated rings. The van der Waals surface area contributed by atoms with Crippen LogP contribution in [0, 0.1) is 18.8 Å². The fraction of sp³-hybridized carbons (Fsp3) is 0.632. The summed E-state index contributed by atoms with van der Waals surface area (Å²) < 4.78 is 11.2. The van der Waals surface area contributed by atoms with E-state index in [1.807, 2.05) is 31.2 Å². The lowest BCUT2D eigenvalue weighted by atomic mass is 9.98. The molecule has 3 atom stereocenters. The van der Waals surface area contributed by atoms with Gasteiger partial charge in [0.25, 0.3) is 0 Å². The van der Waals surface area contributed by atoms with Gasteiger partial charge in [-0.15, -0.1) is 0 Å². The number of aliphatic hydroxyl groups excluding tert-OH is 1. The highest BCUT2D eigenvalue weighted by molar-refractivity contribution is 5.78. The van der Waals surface area contributed by atoms with Crippen molar-refractivity contribution in [2.24, 2.45) is 11.8 Å². The predicted molar refractivity (Wildman–Crippen MR) is 90.9 cm³/mol. The molecule has 1 aromatic rings. The number of ether oxygens (including phenoxy) is 2. The van der Waals surface area contributed by atoms with E-state index < -0.39 is 6.10 Å². The fourth-order valence-corrected chi connectivity index (χ4v) is 3.50. The molecule has 1 heterocycles. The second-order valence-electron chi connectivity index (χ2n) is 6.93. The van der Waals surface area contributed by atoms with Crippen LogP contribution in [0.2, 0.25) is 0 Å². The minimum Gasteiger partial charge on any atom is -0.488 e. The van der Waals surface area contributed by atoms with Gasteiger partial charge in [0.15, 0.2) is 0 Å². The van der Waals surface area contributed by atoms with E-state index in [9.17, 15) is 9.90 Å². The number of amides is 1. The van der Waals surface area contributed by atoms with E-state index in [4.69, 9.17) is 9.47 Å². The molecular weight excluding hydrogens is 306 g/mol. The van der Waals surface area contributed by atoms with Crippen molar-refractivity contribution in [1.82, 2.24) is 5.32 Å². The van der Waals surface area contributed by atoms with Crippen LogP contribution in [0.4, 0.5) is 0 Å². The van der Waals surface area contributed by atoms with Gasteiger partial charge in [-0.2, -0.15) is 0 Å². The Hall–Kier alpha value is -1.59. The molecule has 1 aromatic carbocycles. The van der Waals surface area contributed by atoms with Crippen molar-refractivity contribution in [3.63, 3.8) is 0 Å². The minimum atomic E-state index is -0.540. The van der Waals surface area contributed by atoms with E-state index in [2.05, 4.69) is 5.32 Å². The standard InChI is InChI=1S/C19H27NO4/c1-13-2-5-16(6-3-13)24-17-7-4-15(18(17)21)12-20-19(22)14-8-10-23-11-9-14/h2-3,5-6,14-15,17-18,21H,4,7-12H2,1H3,(H,20,22)/t15-,17-,18-/m1/s1. The zero-order valence-corrected chi connectivity index (χ0v) is 14.2. The highest BCUT2D eigenvalue weighted by Gasteiger charge is 2.36. The van der Waals surface area contributed by atoms with Crippen molar-refractivity contribution in [1.29, 1.82) is 0 Å². The first kappa shape index (κ1) is 17.2. The van der Waals surface area contributed by atoms with Crippen molar-refractivity contribution in [2.75, 3.05) is 19.8 Å². The van der Waals surface area contributed by atoms with Crippen molar-refractivity contribution in [3.8, 4) is 5.75 Å². The second-order valence-corrected chi connectivity index (χ2v) is 6.93. The van der Waals surface area contributed by atoms with Gasteiger partial charge in [0, 0.05) is 31.6 Å². The Bertz CT molecular complexity index is 539. The number of aryl methyl sites for hydroxylation is 1. The zero-order valence-electron chi connectivity index (χ0n) is 14.2. The Morgan fingerprint density at radius 2 is 1.92 bits per heavy atom. The average molecular weight is 333 g/mol. The molecule has 2 aliphatic rings. The Morgan fingerprint density at radius 3 is 2.62 bits per heavy atom. The van der Waals surface area contributed by atoms with Gasteiger partial charge in [-0.25, -0.2) is 0 Å². The fourth-order valence-electron chi connectivity index (χ4n) is 3.50. The quantitative estimate of drug-likeness (QED) is 0.865. The Balaban J connectivity index is 1.46. The molecule has 1 saturated carbocycles. The molecule has 1 aliphatic carbocycles. The lowest BCUT2D eigenvalue weighted by Gasteiger charge is -2.24. The molecule has 5 heteroatoms. The van der Waals surface area contributed by atoms with Gasteiger partial charge in [-0.05, 0) is 44.7 Å². The van der Waals surface area contributed by atoms with Gasteiger partial charge >= 0.3 is 0 Å². The van der Waals surface area contributed by atoms with Crippen LogP contribution in [0.3, 0.4) is 0 Å². The summed E-state index contributed by atoms with van der Waals surface area (Å²) in [5, 5.41) is 13.5. The van der Waals surface area contributed by atoms with Crippen molar-refractivity contribution in [2.45, 2.75) is 44.8 Å². The second kappa shape index (κ2) is 7.99. The maximum atomic E-state index is 12.2. The smallest absolute Gasteiger partial charge is 0.223 e. The van der Waals surface area contributed by atoms with E-state index in [1.165, 1.54) is 5.56 Å². The topological polar surface area (TPSA) is 67.8 Å². The summed E-state index contributed by atoms with van der Waals surface area (Å²) in [4.78, 5) is 12.2. The van der Waals surface area contributed by atoms with E-state index >= 15 is 0 Å². The van der Waals surface area contributed by atoms with Crippen LogP contribution in [0.5, 0.6) is 5.75 Å². The monoisotopic (exact) mass is 333 g/mol. The number of carbonyl (C=O) groups is 1. The number of hydrogen-bond donors (Lipinski definition) is 2. The van der Waals surface area contributed by atoms with Gasteiger partial charge in [-0.1, -0.05) is 17.7 Å². The van der Waals surface area contributed by atoms with E-state index in [0.29, 0.717) is 19.8 Å². The Labute approximate surface area is 143 Å². The highest BCUT2D eigenvalue weighted by atomic mass is 16.5. The molecule has 1 amide bonds. The van der Waals surface area contributed by atoms with E-state index in [0.717, 1.165) is 31.4 Å². The van der Waals surface area contributed by atoms with Gasteiger partial charge in [0.1, 0.15) is 11.9 Å². The first-order valence-corrected chi connectivity index (χ1v) is 8.90. The maximum Gasteiger partial charge on any atom is 0.223 e. The van der Waals surface area contributed by atoms with Crippen LogP contribution in [-0.4, -0.2) is 43.0 Å². The van der Waals surface area contributed by atoms with Gasteiger partial charge in [0.2, 0.25) is 5.91 Å². The molecule has 132 valence electrons. The molecule has 0 aromatic heterocycles. The van der Waals surface area contributed by atoms with Crippen molar-refractivity contribution in [3.05, 3.63) is 29.8 Å². The predicted octanol–water partition coefficient (Wildman–Crippen LogP) is 2.06. The van der Waals surface area contributed by atoms with E-state index in [-0.39, 0.29) is 23.8 Å². The molecule has 0 bridgehead atoms. The third kappa shape index (κ3) is 4.28. The summed E-state index contributed by atoms with van der Waals surface area (Å²) in [5.41, 5.74) is 1.18. The number of benzene rings is 1. The normalized spacial score (nSPS) is 27.8. The zero-order chi connectivity index (χ0) is 16.9. The molecule has 1 aliphatic heterocycles. The summed E-state index contributed by atoms with van der Waals surface area (Å²) in [6.45, 7) is 3.88. The molecule has 0 radical (unpaired) electrons. The largest absolute Gasteiger partial charge is 0.488 e. The lowest BCUT2D eigenvalue weighted by Crippen LogP contribution is -2.40. The SMILES string of the molecule is Cc1ccc(O[C@@H]2CC[C@H](CNC(=O)C3CCOCC3)[C@H]2O)cc1. The number of hydrogen-bond acceptors (Lipinski definition) is 4. The molecule has 5 nitrogen and oxygen atoms in total. The van der Waals surface area contributed by atoms with Crippen LogP contribution in [0.15, 0.2) is 24.3 Å². The van der Waals surface area contributed by atoms with Crippen LogP contribution in [-0.2, 0) is 9.53 Å². The van der Waals surface area contributed by atoms with Crippen LogP contribution in [0.1, 0.15) is 31.2 Å². The van der Waals surface area contributed by atoms with Gasteiger partial charge in [0.05, 0.1) is 6.10 Å². The molecular formula is C19H27NO4. The summed E-state index contributed by atoms with van der Waals surface area (Å²) in [6, 6.07) is 7.87. The number of rotatable bonds is 5. The maximum absolute atomic E-state index is 12.2. The third-order valence-electron chi connectivity index (χ3n) is 5.12. The molecule has 3 rings (SSSR count). The first-order valence-electron chi connectivity index (χ1n) is 8.90.